The molecule has 0 bridgehead atoms. The van der Waals surface area contributed by atoms with Crippen LogP contribution >= 0.6 is 0 Å². The average Bonchev–Trinajstić information content (AvgIpc) is 2.36. The quantitative estimate of drug-likeness (QED) is 0.539. The Morgan fingerprint density at radius 2 is 2.30 bits per heavy atom. The molecule has 50 valence electrons. The van der Waals surface area contributed by atoms with Gasteiger partial charge in [-0.25, -0.2) is 4.98 Å². The highest BCUT2D eigenvalue weighted by atomic mass is 16.5. The van der Waals surface area contributed by atoms with Gasteiger partial charge in [0, 0.05) is 0 Å². The molecule has 0 aliphatic heterocycles. The predicted molar refractivity (Wildman–Crippen MR) is 34.3 cm³/mol. The average molecular weight is 135 g/mol. The highest BCUT2D eigenvalue weighted by molar-refractivity contribution is 5.73. The molecule has 0 amide bonds. The SMILES string of the molecule is Cc1ncnc2oncc12. The lowest BCUT2D eigenvalue weighted by molar-refractivity contribution is 0.448. The Morgan fingerprint density at radius 1 is 1.40 bits per heavy atom. The van der Waals surface area contributed by atoms with Crippen LogP contribution in [0.15, 0.2) is 17.0 Å². The van der Waals surface area contributed by atoms with Gasteiger partial charge in [0.05, 0.1) is 17.3 Å². The van der Waals surface area contributed by atoms with Crippen LogP contribution in [-0.4, -0.2) is 15.1 Å². The molecule has 10 heavy (non-hydrogen) atoms. The molecule has 2 heterocycles. The number of aromatic nitrogens is 3. The van der Waals surface area contributed by atoms with Crippen LogP contribution in [0.2, 0.25) is 0 Å². The van der Waals surface area contributed by atoms with Gasteiger partial charge >= 0.3 is 0 Å². The molecular formula is C6H5N3O. The van der Waals surface area contributed by atoms with E-state index in [0.717, 1.165) is 11.1 Å². The van der Waals surface area contributed by atoms with Crippen LogP contribution in [0, 0.1) is 6.92 Å². The summed E-state index contributed by atoms with van der Waals surface area (Å²) in [6, 6.07) is 0. The van der Waals surface area contributed by atoms with E-state index in [9.17, 15) is 0 Å². The molecule has 4 heteroatoms. The van der Waals surface area contributed by atoms with Crippen molar-refractivity contribution in [2.75, 3.05) is 0 Å². The Hall–Kier alpha value is -1.45. The Kier molecular flexibility index (Phi) is 0.943. The molecule has 2 rings (SSSR count). The standard InChI is InChI=1S/C6H5N3O/c1-4-5-2-9-10-6(5)8-3-7-4/h2-3H,1H3. The Balaban J connectivity index is 2.95. The van der Waals surface area contributed by atoms with E-state index in [1.165, 1.54) is 6.33 Å². The van der Waals surface area contributed by atoms with E-state index in [2.05, 4.69) is 15.1 Å². The number of hydrogen-bond acceptors (Lipinski definition) is 4. The van der Waals surface area contributed by atoms with Crippen molar-refractivity contribution in [3.63, 3.8) is 0 Å². The minimum absolute atomic E-state index is 0.549. The van der Waals surface area contributed by atoms with Crippen LogP contribution in [0.4, 0.5) is 0 Å². The number of nitrogens with zero attached hydrogens (tertiary/aromatic N) is 3. The molecule has 0 radical (unpaired) electrons. The van der Waals surface area contributed by atoms with Crippen LogP contribution in [0.3, 0.4) is 0 Å². The molecular weight excluding hydrogens is 130 g/mol. The normalized spacial score (nSPS) is 10.5. The summed E-state index contributed by atoms with van der Waals surface area (Å²) >= 11 is 0. The smallest absolute Gasteiger partial charge is 0.260 e. The molecule has 0 fully saturated rings. The number of rotatable bonds is 0. The maximum Gasteiger partial charge on any atom is 0.260 e. The molecule has 0 aliphatic rings. The van der Waals surface area contributed by atoms with Crippen molar-refractivity contribution in [3.05, 3.63) is 18.2 Å². The van der Waals surface area contributed by atoms with Crippen molar-refractivity contribution >= 4 is 11.1 Å². The van der Waals surface area contributed by atoms with Crippen LogP contribution in [-0.2, 0) is 0 Å². The minimum Gasteiger partial charge on any atom is -0.336 e. The van der Waals surface area contributed by atoms with E-state index in [1.54, 1.807) is 6.20 Å². The van der Waals surface area contributed by atoms with Gasteiger partial charge in [0.15, 0.2) is 0 Å². The highest BCUT2D eigenvalue weighted by Crippen LogP contribution is 2.10. The van der Waals surface area contributed by atoms with Gasteiger partial charge in [-0.1, -0.05) is 5.16 Å². The summed E-state index contributed by atoms with van der Waals surface area (Å²) < 4.78 is 4.80. The van der Waals surface area contributed by atoms with Gasteiger partial charge in [0.2, 0.25) is 0 Å². The third-order valence-corrected chi connectivity index (χ3v) is 1.37. The van der Waals surface area contributed by atoms with Crippen molar-refractivity contribution in [1.82, 2.24) is 15.1 Å². The maximum absolute atomic E-state index is 4.80. The summed E-state index contributed by atoms with van der Waals surface area (Å²) in [4.78, 5) is 7.83. The number of aryl methyl sites for hydroxylation is 1. The van der Waals surface area contributed by atoms with Gasteiger partial charge in [0.25, 0.3) is 5.71 Å². The summed E-state index contributed by atoms with van der Waals surface area (Å²) in [5.74, 6) is 0. The Morgan fingerprint density at radius 3 is 3.10 bits per heavy atom. The molecule has 0 aliphatic carbocycles. The predicted octanol–water partition coefficient (Wildman–Crippen LogP) is 0.926. The summed E-state index contributed by atoms with van der Waals surface area (Å²) in [6.45, 7) is 1.89. The van der Waals surface area contributed by atoms with Crippen LogP contribution in [0.25, 0.3) is 11.1 Å². The van der Waals surface area contributed by atoms with Crippen molar-refractivity contribution in [2.45, 2.75) is 6.92 Å². The van der Waals surface area contributed by atoms with E-state index in [0.29, 0.717) is 5.71 Å². The van der Waals surface area contributed by atoms with Crippen LogP contribution in [0.1, 0.15) is 5.69 Å². The third kappa shape index (κ3) is 0.586. The lowest BCUT2D eigenvalue weighted by Crippen LogP contribution is -1.81. The molecule has 0 N–H and O–H groups in total. The second-order valence-corrected chi connectivity index (χ2v) is 2.00. The van der Waals surface area contributed by atoms with Gasteiger partial charge in [-0.05, 0) is 6.92 Å². The summed E-state index contributed by atoms with van der Waals surface area (Å²) in [6.07, 6.45) is 3.08. The highest BCUT2D eigenvalue weighted by Gasteiger charge is 2.00. The number of hydrogen-bond donors (Lipinski definition) is 0. The Bertz CT molecular complexity index is 355. The maximum atomic E-state index is 4.80. The zero-order valence-corrected chi connectivity index (χ0v) is 5.40. The first-order valence-corrected chi connectivity index (χ1v) is 2.90. The second-order valence-electron chi connectivity index (χ2n) is 2.00. The van der Waals surface area contributed by atoms with Crippen LogP contribution in [0.5, 0.6) is 0 Å². The lowest BCUT2D eigenvalue weighted by atomic mass is 10.3. The van der Waals surface area contributed by atoms with Gasteiger partial charge in [-0.15, -0.1) is 0 Å². The first-order chi connectivity index (χ1) is 4.88. The molecule has 4 nitrogen and oxygen atoms in total. The third-order valence-electron chi connectivity index (χ3n) is 1.37. The number of fused-ring (bicyclic) bond motifs is 1. The lowest BCUT2D eigenvalue weighted by Gasteiger charge is -1.87. The zero-order chi connectivity index (χ0) is 6.97. The van der Waals surface area contributed by atoms with Crippen molar-refractivity contribution < 1.29 is 4.52 Å². The van der Waals surface area contributed by atoms with E-state index in [1.807, 2.05) is 6.92 Å². The fraction of sp³-hybridized carbons (Fsp3) is 0.167. The van der Waals surface area contributed by atoms with E-state index in [4.69, 9.17) is 4.52 Å². The summed E-state index contributed by atoms with van der Waals surface area (Å²) in [7, 11) is 0. The summed E-state index contributed by atoms with van der Waals surface area (Å²) in [5, 5.41) is 4.46. The fourth-order valence-electron chi connectivity index (χ4n) is 0.812. The molecule has 0 atom stereocenters. The van der Waals surface area contributed by atoms with E-state index < -0.39 is 0 Å². The molecule has 2 aromatic rings. The molecule has 0 spiro atoms. The minimum atomic E-state index is 0.549. The molecule has 0 saturated heterocycles. The van der Waals surface area contributed by atoms with Gasteiger partial charge in [-0.3, -0.25) is 0 Å². The van der Waals surface area contributed by atoms with E-state index in [-0.39, 0.29) is 0 Å². The Labute approximate surface area is 56.9 Å². The first kappa shape index (κ1) is 5.34. The van der Waals surface area contributed by atoms with Crippen molar-refractivity contribution in [1.29, 1.82) is 0 Å². The zero-order valence-electron chi connectivity index (χ0n) is 5.40. The van der Waals surface area contributed by atoms with Gasteiger partial charge in [-0.2, -0.15) is 4.98 Å². The largest absolute Gasteiger partial charge is 0.336 e. The van der Waals surface area contributed by atoms with Crippen molar-refractivity contribution in [2.24, 2.45) is 0 Å². The van der Waals surface area contributed by atoms with Crippen LogP contribution < -0.4 is 0 Å². The van der Waals surface area contributed by atoms with Gasteiger partial charge < -0.3 is 4.52 Å². The second kappa shape index (κ2) is 1.76. The van der Waals surface area contributed by atoms with Crippen molar-refractivity contribution in [3.8, 4) is 0 Å². The summed E-state index contributed by atoms with van der Waals surface area (Å²) in [5.41, 5.74) is 1.44. The topological polar surface area (TPSA) is 51.8 Å². The first-order valence-electron chi connectivity index (χ1n) is 2.90. The molecule has 0 aromatic carbocycles. The van der Waals surface area contributed by atoms with E-state index >= 15 is 0 Å². The monoisotopic (exact) mass is 135 g/mol. The molecule has 0 saturated carbocycles. The molecule has 2 aromatic heterocycles. The fourth-order valence-corrected chi connectivity index (χ4v) is 0.812. The molecule has 0 unspecified atom stereocenters. The van der Waals surface area contributed by atoms with Gasteiger partial charge in [0.1, 0.15) is 6.33 Å².